The van der Waals surface area contributed by atoms with Crippen LogP contribution < -0.4 is 10.6 Å². The van der Waals surface area contributed by atoms with Crippen LogP contribution >= 0.6 is 12.2 Å². The van der Waals surface area contributed by atoms with E-state index in [0.29, 0.717) is 30.7 Å². The van der Waals surface area contributed by atoms with E-state index in [1.54, 1.807) is 0 Å². The van der Waals surface area contributed by atoms with Crippen LogP contribution in [0.1, 0.15) is 37.7 Å². The van der Waals surface area contributed by atoms with Crippen LogP contribution in [0, 0.1) is 13.8 Å². The number of aliphatic imine (C=N–C) groups is 1. The third kappa shape index (κ3) is 9.15. The molecule has 4 rings (SSSR count). The van der Waals surface area contributed by atoms with Gasteiger partial charge in [-0.2, -0.15) is 4.99 Å². The Morgan fingerprint density at radius 1 is 0.907 bits per heavy atom. The van der Waals surface area contributed by atoms with E-state index in [1.807, 2.05) is 38.1 Å². The van der Waals surface area contributed by atoms with E-state index >= 15 is 0 Å². The lowest BCUT2D eigenvalue weighted by molar-refractivity contribution is 0.0599. The Kier molecular flexibility index (Phi) is 10.9. The highest BCUT2D eigenvalue weighted by molar-refractivity contribution is 7.80. The Balaban J connectivity index is 1.52. The zero-order valence-electron chi connectivity index (χ0n) is 24.7. The highest BCUT2D eigenvalue weighted by Crippen LogP contribution is 2.18. The molecule has 2 heterocycles. The first-order valence-corrected chi connectivity index (χ1v) is 14.1. The van der Waals surface area contributed by atoms with Crippen molar-refractivity contribution < 1.29 is 19.1 Å². The van der Waals surface area contributed by atoms with Gasteiger partial charge in [0.2, 0.25) is 17.0 Å². The molecule has 0 bridgehead atoms. The fraction of sp³-hybridized carbons (Fsp3) is 0.290. The average molecular weight is 602 g/mol. The molecule has 0 atom stereocenters. The fourth-order valence-electron chi connectivity index (χ4n) is 4.52. The average Bonchev–Trinajstić information content (AvgIpc) is 3.00. The van der Waals surface area contributed by atoms with Crippen molar-refractivity contribution in [2.75, 3.05) is 57.6 Å². The van der Waals surface area contributed by atoms with E-state index in [4.69, 9.17) is 21.7 Å². The van der Waals surface area contributed by atoms with Gasteiger partial charge in [-0.25, -0.2) is 19.6 Å². The summed E-state index contributed by atoms with van der Waals surface area (Å²) in [6.07, 6.45) is 4.30. The maximum atomic E-state index is 12.2. The molecule has 43 heavy (non-hydrogen) atoms. The van der Waals surface area contributed by atoms with E-state index in [9.17, 15) is 9.59 Å². The number of hydrogen-bond acceptors (Lipinski definition) is 8. The molecule has 3 aromatic rings. The number of esters is 2. The second kappa shape index (κ2) is 15.0. The van der Waals surface area contributed by atoms with Crippen LogP contribution in [0.5, 0.6) is 0 Å². The lowest BCUT2D eigenvalue weighted by Gasteiger charge is -2.35. The molecule has 224 valence electrons. The van der Waals surface area contributed by atoms with Crippen molar-refractivity contribution in [2.45, 2.75) is 13.8 Å². The molecule has 0 unspecified atom stereocenters. The van der Waals surface area contributed by atoms with Gasteiger partial charge in [-0.1, -0.05) is 42.5 Å². The van der Waals surface area contributed by atoms with Crippen molar-refractivity contribution in [3.8, 4) is 0 Å². The minimum absolute atomic E-state index is 0.109. The molecule has 1 aliphatic rings. The highest BCUT2D eigenvalue weighted by Gasteiger charge is 2.21. The monoisotopic (exact) mass is 601 g/mol. The standard InChI is InChI=1S/C31H35N7O4S/c1-21-17-22(2)33-29(32-21)35-30(38-15-13-37(14-16-38)12-8-11-23-9-6-5-7-10-23)36-31(43)34-26-19-24(27(39)41-3)18-25(20-26)28(40)42-4/h5-11,17-20H,12-16H2,1-4H3,(H2,32,33,34,35,36,43)/b11-8+. The van der Waals surface area contributed by atoms with Gasteiger partial charge in [-0.3, -0.25) is 10.2 Å². The summed E-state index contributed by atoms with van der Waals surface area (Å²) < 4.78 is 9.66. The summed E-state index contributed by atoms with van der Waals surface area (Å²) in [5.74, 6) is -0.310. The topological polar surface area (TPSA) is 121 Å². The van der Waals surface area contributed by atoms with Crippen LogP contribution in [-0.4, -0.2) is 89.7 Å². The Morgan fingerprint density at radius 2 is 1.51 bits per heavy atom. The predicted octanol–water partition coefficient (Wildman–Crippen LogP) is 4.16. The number of nitrogens with one attached hydrogen (secondary N) is 2. The first-order valence-electron chi connectivity index (χ1n) is 13.7. The molecular weight excluding hydrogens is 566 g/mol. The molecule has 2 aromatic carbocycles. The lowest BCUT2D eigenvalue weighted by atomic mass is 10.1. The van der Waals surface area contributed by atoms with Gasteiger partial charge >= 0.3 is 11.9 Å². The first-order chi connectivity index (χ1) is 20.7. The number of piperazine rings is 1. The Labute approximate surface area is 256 Å². The summed E-state index contributed by atoms with van der Waals surface area (Å²) in [4.78, 5) is 42.6. The quantitative estimate of drug-likeness (QED) is 0.176. The zero-order chi connectivity index (χ0) is 30.8. The number of carbonyl (C=O) groups excluding carboxylic acids is 2. The number of benzene rings is 2. The maximum Gasteiger partial charge on any atom is 0.337 e. The molecule has 12 heteroatoms. The SMILES string of the molecule is COC(=O)c1cc(NC(=S)/N=C(\Nc2nc(C)cc(C)n2)N2CCN(C/C=C/c3ccccc3)CC2)cc(C(=O)OC)c1. The predicted molar refractivity (Wildman–Crippen MR) is 171 cm³/mol. The largest absolute Gasteiger partial charge is 0.465 e. The van der Waals surface area contributed by atoms with Gasteiger partial charge in [0.25, 0.3) is 0 Å². The Morgan fingerprint density at radius 3 is 2.09 bits per heavy atom. The molecule has 0 aliphatic carbocycles. The number of aryl methyl sites for hydroxylation is 2. The van der Waals surface area contributed by atoms with Crippen LogP contribution in [0.4, 0.5) is 11.6 Å². The van der Waals surface area contributed by atoms with Gasteiger partial charge in [0.15, 0.2) is 0 Å². The van der Waals surface area contributed by atoms with Crippen molar-refractivity contribution in [3.63, 3.8) is 0 Å². The Bertz CT molecular complexity index is 1470. The molecule has 11 nitrogen and oxygen atoms in total. The normalized spacial score (nSPS) is 14.0. The molecule has 2 N–H and O–H groups in total. The van der Waals surface area contributed by atoms with Gasteiger partial charge in [0.05, 0.1) is 25.3 Å². The number of ether oxygens (including phenoxy) is 2. The molecule has 1 fully saturated rings. The molecule has 1 saturated heterocycles. The number of nitrogens with zero attached hydrogens (tertiary/aromatic N) is 5. The van der Waals surface area contributed by atoms with Gasteiger partial charge in [-0.15, -0.1) is 0 Å². The number of aromatic nitrogens is 2. The van der Waals surface area contributed by atoms with Crippen molar-refractivity contribution in [1.82, 2.24) is 19.8 Å². The van der Waals surface area contributed by atoms with Crippen molar-refractivity contribution in [3.05, 3.63) is 88.8 Å². The summed E-state index contributed by atoms with van der Waals surface area (Å²) in [5, 5.41) is 6.37. The number of thiocarbonyl (C=S) groups is 1. The molecule has 0 radical (unpaired) electrons. The number of carbonyl (C=O) groups is 2. The van der Waals surface area contributed by atoms with Crippen molar-refractivity contribution in [2.24, 2.45) is 4.99 Å². The van der Waals surface area contributed by atoms with E-state index < -0.39 is 11.9 Å². The van der Waals surface area contributed by atoms with Crippen molar-refractivity contribution >= 4 is 52.9 Å². The molecule has 0 amide bonds. The molecule has 0 saturated carbocycles. The molecule has 1 aromatic heterocycles. The van der Waals surface area contributed by atoms with Gasteiger partial charge in [0, 0.05) is 49.8 Å². The zero-order valence-corrected chi connectivity index (χ0v) is 25.5. The smallest absolute Gasteiger partial charge is 0.337 e. The van der Waals surface area contributed by atoms with Crippen LogP contribution in [0.25, 0.3) is 6.08 Å². The number of methoxy groups -OCH3 is 2. The van der Waals surface area contributed by atoms with E-state index in [2.05, 4.69) is 59.7 Å². The van der Waals surface area contributed by atoms with Crippen LogP contribution in [0.15, 0.2) is 65.7 Å². The van der Waals surface area contributed by atoms with Gasteiger partial charge < -0.3 is 19.7 Å². The third-order valence-electron chi connectivity index (χ3n) is 6.59. The second-order valence-electron chi connectivity index (χ2n) is 9.85. The third-order valence-corrected chi connectivity index (χ3v) is 6.78. The maximum absolute atomic E-state index is 12.2. The number of anilines is 2. The second-order valence-corrected chi connectivity index (χ2v) is 10.2. The highest BCUT2D eigenvalue weighted by atomic mass is 32.1. The lowest BCUT2D eigenvalue weighted by Crippen LogP contribution is -2.51. The number of hydrogen-bond donors (Lipinski definition) is 2. The van der Waals surface area contributed by atoms with Gasteiger partial charge in [0.1, 0.15) is 0 Å². The fourth-order valence-corrected chi connectivity index (χ4v) is 4.73. The van der Waals surface area contributed by atoms with E-state index in [0.717, 1.165) is 31.0 Å². The minimum Gasteiger partial charge on any atom is -0.465 e. The molecule has 1 aliphatic heterocycles. The van der Waals surface area contributed by atoms with Crippen LogP contribution in [0.2, 0.25) is 0 Å². The summed E-state index contributed by atoms with van der Waals surface area (Å²) in [6.45, 7) is 7.66. The van der Waals surface area contributed by atoms with Crippen molar-refractivity contribution in [1.29, 1.82) is 0 Å². The van der Waals surface area contributed by atoms with Crippen LogP contribution in [0.3, 0.4) is 0 Å². The summed E-state index contributed by atoms with van der Waals surface area (Å²) >= 11 is 5.59. The van der Waals surface area contributed by atoms with Gasteiger partial charge in [-0.05, 0) is 55.9 Å². The van der Waals surface area contributed by atoms with Crippen LogP contribution in [-0.2, 0) is 9.47 Å². The molecular formula is C31H35N7O4S. The first kappa shape index (κ1) is 31.3. The minimum atomic E-state index is -0.603. The Hall–Kier alpha value is -4.68. The number of guanidine groups is 1. The summed E-state index contributed by atoms with van der Waals surface area (Å²) in [5.41, 5.74) is 3.53. The van der Waals surface area contributed by atoms with E-state index in [-0.39, 0.29) is 16.2 Å². The van der Waals surface area contributed by atoms with E-state index in [1.165, 1.54) is 38.0 Å². The summed E-state index contributed by atoms with van der Waals surface area (Å²) in [6, 6.07) is 16.6. The number of rotatable bonds is 7. The summed E-state index contributed by atoms with van der Waals surface area (Å²) in [7, 11) is 2.53. The molecule has 0 spiro atoms.